The molecule has 0 heterocycles. The normalized spacial score (nSPS) is 11.6. The van der Waals surface area contributed by atoms with Crippen molar-refractivity contribution in [2.45, 2.75) is 17.1 Å². The van der Waals surface area contributed by atoms with Crippen LogP contribution in [-0.2, 0) is 4.79 Å². The minimum atomic E-state index is -0.413. The Morgan fingerprint density at radius 3 is 2.94 bits per heavy atom. The second-order valence-corrected chi connectivity index (χ2v) is 4.82. The van der Waals surface area contributed by atoms with Gasteiger partial charge >= 0.3 is 0 Å². The number of carbonyl (C=O) groups excluding carboxylic acids is 1. The Morgan fingerprint density at radius 1 is 1.65 bits per heavy atom. The Bertz CT molecular complexity index is 436. The highest BCUT2D eigenvalue weighted by atomic mass is 32.2. The molecular formula is C12H13FN2OS. The second kappa shape index (κ2) is 6.16. The van der Waals surface area contributed by atoms with Gasteiger partial charge in [-0.15, -0.1) is 18.2 Å². The maximum absolute atomic E-state index is 13.1. The smallest absolute Gasteiger partial charge is 0.233 e. The summed E-state index contributed by atoms with van der Waals surface area (Å²) in [7, 11) is 0. The number of nitrogens with two attached hydrogens (primary N) is 1. The Balaban J connectivity index is 2.64. The summed E-state index contributed by atoms with van der Waals surface area (Å²) in [6.07, 6.45) is 5.03. The summed E-state index contributed by atoms with van der Waals surface area (Å²) in [6.45, 7) is 1.91. The molecule has 0 aliphatic carbocycles. The summed E-state index contributed by atoms with van der Waals surface area (Å²) in [5.74, 6) is 1.72. The van der Waals surface area contributed by atoms with Gasteiger partial charge < -0.3 is 11.1 Å². The highest BCUT2D eigenvalue weighted by Crippen LogP contribution is 2.26. The van der Waals surface area contributed by atoms with Crippen molar-refractivity contribution in [1.29, 1.82) is 0 Å². The highest BCUT2D eigenvalue weighted by Gasteiger charge is 2.14. The van der Waals surface area contributed by atoms with Gasteiger partial charge in [-0.25, -0.2) is 4.39 Å². The van der Waals surface area contributed by atoms with Crippen LogP contribution in [0.3, 0.4) is 0 Å². The van der Waals surface area contributed by atoms with E-state index < -0.39 is 5.82 Å². The van der Waals surface area contributed by atoms with Crippen molar-refractivity contribution in [3.05, 3.63) is 24.0 Å². The van der Waals surface area contributed by atoms with Crippen LogP contribution in [0.4, 0.5) is 10.1 Å². The van der Waals surface area contributed by atoms with E-state index >= 15 is 0 Å². The first kappa shape index (κ1) is 13.4. The molecule has 1 rings (SSSR count). The lowest BCUT2D eigenvalue weighted by atomic mass is 10.3. The largest absolute Gasteiger partial charge is 0.399 e. The van der Waals surface area contributed by atoms with Crippen LogP contribution in [0.5, 0.6) is 0 Å². The fourth-order valence-corrected chi connectivity index (χ4v) is 2.18. The van der Waals surface area contributed by atoms with Crippen molar-refractivity contribution in [3.63, 3.8) is 0 Å². The summed E-state index contributed by atoms with van der Waals surface area (Å²) < 4.78 is 13.1. The van der Waals surface area contributed by atoms with E-state index in [-0.39, 0.29) is 17.7 Å². The number of nitrogen functional groups attached to an aromatic ring is 1. The van der Waals surface area contributed by atoms with Crippen molar-refractivity contribution in [2.75, 3.05) is 12.3 Å². The molecule has 1 aromatic rings. The predicted molar refractivity (Wildman–Crippen MR) is 68.0 cm³/mol. The van der Waals surface area contributed by atoms with Crippen molar-refractivity contribution < 1.29 is 9.18 Å². The van der Waals surface area contributed by atoms with Crippen molar-refractivity contribution in [2.24, 2.45) is 0 Å². The lowest BCUT2D eigenvalue weighted by Crippen LogP contribution is -2.31. The Kier molecular flexibility index (Phi) is 4.85. The van der Waals surface area contributed by atoms with Gasteiger partial charge in [0, 0.05) is 10.6 Å². The molecule has 0 aliphatic heterocycles. The molecule has 1 unspecified atom stereocenters. The molecule has 0 radical (unpaired) electrons. The van der Waals surface area contributed by atoms with Crippen LogP contribution >= 0.6 is 11.8 Å². The second-order valence-electron chi connectivity index (χ2n) is 3.40. The van der Waals surface area contributed by atoms with Crippen molar-refractivity contribution in [1.82, 2.24) is 5.32 Å². The molecular weight excluding hydrogens is 239 g/mol. The molecule has 0 spiro atoms. The van der Waals surface area contributed by atoms with E-state index in [2.05, 4.69) is 11.2 Å². The number of thioether (sulfide) groups is 1. The summed E-state index contributed by atoms with van der Waals surface area (Å²) in [5.41, 5.74) is 5.85. The zero-order chi connectivity index (χ0) is 12.8. The van der Waals surface area contributed by atoms with Gasteiger partial charge in [0.2, 0.25) is 5.91 Å². The van der Waals surface area contributed by atoms with Crippen LogP contribution in [0.25, 0.3) is 0 Å². The lowest BCUT2D eigenvalue weighted by Gasteiger charge is -2.11. The number of rotatable bonds is 4. The van der Waals surface area contributed by atoms with Crippen molar-refractivity contribution in [3.8, 4) is 12.3 Å². The molecule has 3 nitrogen and oxygen atoms in total. The van der Waals surface area contributed by atoms with E-state index in [1.54, 1.807) is 13.0 Å². The average Bonchev–Trinajstić information content (AvgIpc) is 2.24. The fourth-order valence-electron chi connectivity index (χ4n) is 1.19. The number of anilines is 1. The van der Waals surface area contributed by atoms with Crippen molar-refractivity contribution >= 4 is 23.4 Å². The third-order valence-electron chi connectivity index (χ3n) is 1.94. The average molecular weight is 252 g/mol. The van der Waals surface area contributed by atoms with Crippen LogP contribution in [0.2, 0.25) is 0 Å². The summed E-state index contributed by atoms with van der Waals surface area (Å²) in [4.78, 5) is 12.1. The molecule has 17 heavy (non-hydrogen) atoms. The van der Waals surface area contributed by atoms with E-state index in [4.69, 9.17) is 12.2 Å². The van der Waals surface area contributed by atoms with Gasteiger partial charge in [-0.2, -0.15) is 0 Å². The number of terminal acetylenes is 1. The monoisotopic (exact) mass is 252 g/mol. The lowest BCUT2D eigenvalue weighted by molar-refractivity contribution is -0.120. The Labute approximate surface area is 104 Å². The van der Waals surface area contributed by atoms with E-state index in [0.29, 0.717) is 10.6 Å². The standard InChI is InChI=1S/C12H13FN2OS/c1-3-4-15-12(16)8(2)17-11-6-9(13)5-10(14)7-11/h1,5-8H,4,14H2,2H3,(H,15,16). The number of hydrogen-bond acceptors (Lipinski definition) is 3. The van der Waals surface area contributed by atoms with Crippen LogP contribution in [0, 0.1) is 18.2 Å². The third kappa shape index (κ3) is 4.37. The fraction of sp³-hybridized carbons (Fsp3) is 0.250. The predicted octanol–water partition coefficient (Wildman–Crippen LogP) is 1.64. The van der Waals surface area contributed by atoms with E-state index in [1.807, 2.05) is 0 Å². The minimum absolute atomic E-state index is 0.184. The van der Waals surface area contributed by atoms with Crippen LogP contribution in [0.1, 0.15) is 6.92 Å². The molecule has 0 bridgehead atoms. The maximum Gasteiger partial charge on any atom is 0.233 e. The first-order chi connectivity index (χ1) is 8.02. The van der Waals surface area contributed by atoms with Crippen LogP contribution in [-0.4, -0.2) is 17.7 Å². The molecule has 0 saturated heterocycles. The minimum Gasteiger partial charge on any atom is -0.399 e. The maximum atomic E-state index is 13.1. The van der Waals surface area contributed by atoms with Gasteiger partial charge in [-0.1, -0.05) is 5.92 Å². The van der Waals surface area contributed by atoms with E-state index in [1.165, 1.54) is 23.9 Å². The molecule has 5 heteroatoms. The number of benzene rings is 1. The number of hydrogen-bond donors (Lipinski definition) is 2. The number of nitrogens with one attached hydrogen (secondary N) is 1. The van der Waals surface area contributed by atoms with Crippen LogP contribution in [0.15, 0.2) is 23.1 Å². The third-order valence-corrected chi connectivity index (χ3v) is 3.02. The Hall–Kier alpha value is -1.67. The molecule has 0 aromatic heterocycles. The zero-order valence-electron chi connectivity index (χ0n) is 9.37. The summed E-state index contributed by atoms with van der Waals surface area (Å²) in [6, 6.07) is 4.19. The first-order valence-corrected chi connectivity index (χ1v) is 5.85. The molecule has 1 aromatic carbocycles. The molecule has 0 fully saturated rings. The Morgan fingerprint density at radius 2 is 2.35 bits per heavy atom. The quantitative estimate of drug-likeness (QED) is 0.486. The molecule has 3 N–H and O–H groups in total. The topological polar surface area (TPSA) is 55.1 Å². The summed E-state index contributed by atoms with van der Waals surface area (Å²) >= 11 is 1.23. The van der Waals surface area contributed by atoms with Crippen LogP contribution < -0.4 is 11.1 Å². The van der Waals surface area contributed by atoms with Gasteiger partial charge in [-0.05, 0) is 25.1 Å². The van der Waals surface area contributed by atoms with Gasteiger partial charge in [0.25, 0.3) is 0 Å². The summed E-state index contributed by atoms with van der Waals surface area (Å²) in [5, 5.41) is 2.20. The van der Waals surface area contributed by atoms with Gasteiger partial charge in [0.1, 0.15) is 5.82 Å². The number of halogens is 1. The molecule has 0 aliphatic rings. The number of amides is 1. The molecule has 90 valence electrons. The van der Waals surface area contributed by atoms with Gasteiger partial charge in [0.15, 0.2) is 0 Å². The number of carbonyl (C=O) groups is 1. The molecule has 1 atom stereocenters. The zero-order valence-corrected chi connectivity index (χ0v) is 10.2. The van der Waals surface area contributed by atoms with Gasteiger partial charge in [0.05, 0.1) is 11.8 Å². The first-order valence-electron chi connectivity index (χ1n) is 4.97. The SMILES string of the molecule is C#CCNC(=O)C(C)Sc1cc(N)cc(F)c1. The van der Waals surface area contributed by atoms with Gasteiger partial charge in [-0.3, -0.25) is 4.79 Å². The highest BCUT2D eigenvalue weighted by molar-refractivity contribution is 8.00. The molecule has 1 amide bonds. The van der Waals surface area contributed by atoms with E-state index in [9.17, 15) is 9.18 Å². The van der Waals surface area contributed by atoms with E-state index in [0.717, 1.165) is 0 Å². The molecule has 0 saturated carbocycles.